The van der Waals surface area contributed by atoms with Crippen molar-refractivity contribution in [2.45, 2.75) is 45.6 Å². The van der Waals surface area contributed by atoms with Crippen LogP contribution < -0.4 is 10.6 Å². The fourth-order valence-electron chi connectivity index (χ4n) is 3.16. The number of hydrogen-bond acceptors (Lipinski definition) is 5. The second-order valence-corrected chi connectivity index (χ2v) is 7.87. The van der Waals surface area contributed by atoms with Crippen molar-refractivity contribution in [3.05, 3.63) is 40.2 Å². The van der Waals surface area contributed by atoms with E-state index in [9.17, 15) is 14.4 Å². The van der Waals surface area contributed by atoms with Crippen molar-refractivity contribution < 1.29 is 23.9 Å². The second-order valence-electron chi connectivity index (χ2n) is 6.76. The first kappa shape index (κ1) is 19.2. The third kappa shape index (κ3) is 4.77. The van der Waals surface area contributed by atoms with Crippen molar-refractivity contribution in [3.8, 4) is 0 Å². The van der Waals surface area contributed by atoms with E-state index in [1.165, 1.54) is 11.3 Å². The molecule has 3 N–H and O–H groups in total. The number of amides is 2. The molecule has 0 aromatic carbocycles. The van der Waals surface area contributed by atoms with Crippen LogP contribution in [0.15, 0.2) is 22.8 Å². The summed E-state index contributed by atoms with van der Waals surface area (Å²) in [5, 5.41) is 14.8. The summed E-state index contributed by atoms with van der Waals surface area (Å²) in [7, 11) is 0. The van der Waals surface area contributed by atoms with Crippen molar-refractivity contribution >= 4 is 34.1 Å². The Kier molecular flexibility index (Phi) is 5.95. The van der Waals surface area contributed by atoms with Crippen molar-refractivity contribution in [2.24, 2.45) is 5.92 Å². The zero-order chi connectivity index (χ0) is 19.4. The minimum Gasteiger partial charge on any atom is -0.481 e. The van der Waals surface area contributed by atoms with Gasteiger partial charge in [0.25, 0.3) is 5.91 Å². The van der Waals surface area contributed by atoms with Crippen LogP contribution in [0.4, 0.5) is 5.00 Å². The van der Waals surface area contributed by atoms with Gasteiger partial charge in [0.2, 0.25) is 5.91 Å². The first-order chi connectivity index (χ1) is 12.9. The molecule has 144 valence electrons. The molecule has 2 amide bonds. The average molecular weight is 390 g/mol. The van der Waals surface area contributed by atoms with E-state index in [0.717, 1.165) is 29.7 Å². The molecule has 1 aliphatic rings. The second kappa shape index (κ2) is 8.39. The van der Waals surface area contributed by atoms with Crippen LogP contribution in [0.5, 0.6) is 0 Å². The first-order valence-electron chi connectivity index (χ1n) is 8.90. The van der Waals surface area contributed by atoms with E-state index in [1.54, 1.807) is 18.4 Å². The molecule has 2 aromatic rings. The zero-order valence-corrected chi connectivity index (χ0v) is 15.9. The van der Waals surface area contributed by atoms with Gasteiger partial charge in [-0.1, -0.05) is 6.92 Å². The summed E-state index contributed by atoms with van der Waals surface area (Å²) in [6.07, 6.45) is 3.85. The molecule has 2 aromatic heterocycles. The van der Waals surface area contributed by atoms with Crippen molar-refractivity contribution in [1.29, 1.82) is 0 Å². The van der Waals surface area contributed by atoms with Gasteiger partial charge in [-0.2, -0.15) is 0 Å². The van der Waals surface area contributed by atoms with Gasteiger partial charge in [0.1, 0.15) is 10.8 Å². The minimum atomic E-state index is -1.03. The number of carboxylic acids is 1. The molecular weight excluding hydrogens is 368 g/mol. The van der Waals surface area contributed by atoms with Gasteiger partial charge in [-0.25, -0.2) is 0 Å². The van der Waals surface area contributed by atoms with Crippen molar-refractivity contribution in [1.82, 2.24) is 5.32 Å². The van der Waals surface area contributed by atoms with E-state index in [1.807, 2.05) is 0 Å². The number of furan rings is 1. The lowest BCUT2D eigenvalue weighted by Crippen LogP contribution is -2.25. The Bertz CT molecular complexity index is 841. The lowest BCUT2D eigenvalue weighted by atomic mass is 9.88. The molecule has 3 rings (SSSR count). The van der Waals surface area contributed by atoms with Gasteiger partial charge in [-0.15, -0.1) is 11.3 Å². The number of carbonyl (C=O) groups excluding carboxylic acids is 2. The summed E-state index contributed by atoms with van der Waals surface area (Å²) in [5.41, 5.74) is 1.49. The van der Waals surface area contributed by atoms with E-state index in [-0.39, 0.29) is 25.3 Å². The van der Waals surface area contributed by atoms with Gasteiger partial charge < -0.3 is 20.2 Å². The topological polar surface area (TPSA) is 109 Å². The highest BCUT2D eigenvalue weighted by atomic mass is 32.1. The lowest BCUT2D eigenvalue weighted by Gasteiger charge is -2.18. The van der Waals surface area contributed by atoms with Crippen molar-refractivity contribution in [2.75, 3.05) is 5.32 Å². The molecule has 1 unspecified atom stereocenters. The zero-order valence-electron chi connectivity index (χ0n) is 15.0. The molecule has 0 saturated carbocycles. The Labute approximate surface area is 160 Å². The van der Waals surface area contributed by atoms with Crippen LogP contribution in [0.1, 0.15) is 52.7 Å². The SMILES string of the molecule is CC1CCc2c(sc(NC(=O)CCC(=O)O)c2C(=O)NCc2ccco2)C1. The normalized spacial score (nSPS) is 15.8. The molecule has 0 saturated heterocycles. The van der Waals surface area contributed by atoms with Gasteiger partial charge in [0.15, 0.2) is 0 Å². The molecule has 0 fully saturated rings. The Balaban J connectivity index is 1.80. The van der Waals surface area contributed by atoms with E-state index in [0.29, 0.717) is 22.2 Å². The first-order valence-corrected chi connectivity index (χ1v) is 9.72. The van der Waals surface area contributed by atoms with Crippen LogP contribution in [0.2, 0.25) is 0 Å². The maximum Gasteiger partial charge on any atom is 0.303 e. The monoisotopic (exact) mass is 390 g/mol. The number of anilines is 1. The van der Waals surface area contributed by atoms with Crippen LogP contribution in [-0.2, 0) is 29.0 Å². The molecule has 0 spiro atoms. The van der Waals surface area contributed by atoms with Gasteiger partial charge in [0.05, 0.1) is 24.8 Å². The van der Waals surface area contributed by atoms with E-state index in [2.05, 4.69) is 17.6 Å². The predicted molar refractivity (Wildman–Crippen MR) is 101 cm³/mol. The van der Waals surface area contributed by atoms with Crippen LogP contribution in [0.3, 0.4) is 0 Å². The van der Waals surface area contributed by atoms with Gasteiger partial charge >= 0.3 is 5.97 Å². The highest BCUT2D eigenvalue weighted by Gasteiger charge is 2.28. The summed E-state index contributed by atoms with van der Waals surface area (Å²) >= 11 is 1.42. The minimum absolute atomic E-state index is 0.123. The lowest BCUT2D eigenvalue weighted by molar-refractivity contribution is -0.138. The standard InChI is InChI=1S/C19H22N2O5S/c1-11-4-5-13-14(9-11)27-19(21-15(22)6-7-16(23)24)17(13)18(25)20-10-12-3-2-8-26-12/h2-3,8,11H,4-7,9-10H2,1H3,(H,20,25)(H,21,22)(H,23,24). The highest BCUT2D eigenvalue weighted by Crippen LogP contribution is 2.39. The van der Waals surface area contributed by atoms with Crippen LogP contribution >= 0.6 is 11.3 Å². The van der Waals surface area contributed by atoms with E-state index in [4.69, 9.17) is 9.52 Å². The quantitative estimate of drug-likeness (QED) is 0.673. The Morgan fingerprint density at radius 2 is 2.15 bits per heavy atom. The Hall–Kier alpha value is -2.61. The summed E-state index contributed by atoms with van der Waals surface area (Å²) in [6.45, 7) is 2.43. The van der Waals surface area contributed by atoms with Crippen LogP contribution in [-0.4, -0.2) is 22.9 Å². The van der Waals surface area contributed by atoms with Crippen LogP contribution in [0.25, 0.3) is 0 Å². The summed E-state index contributed by atoms with van der Waals surface area (Å²) in [6, 6.07) is 3.53. The molecule has 1 aliphatic carbocycles. The highest BCUT2D eigenvalue weighted by molar-refractivity contribution is 7.17. The number of aliphatic carboxylic acids is 1. The Morgan fingerprint density at radius 3 is 2.85 bits per heavy atom. The molecule has 0 aliphatic heterocycles. The third-order valence-electron chi connectivity index (χ3n) is 4.56. The summed E-state index contributed by atoms with van der Waals surface area (Å²) in [4.78, 5) is 36.7. The number of nitrogens with one attached hydrogen (secondary N) is 2. The maximum absolute atomic E-state index is 12.8. The average Bonchev–Trinajstić information content (AvgIpc) is 3.24. The predicted octanol–water partition coefficient (Wildman–Crippen LogP) is 3.20. The summed E-state index contributed by atoms with van der Waals surface area (Å²) < 4.78 is 5.24. The molecule has 1 atom stereocenters. The Morgan fingerprint density at radius 1 is 1.33 bits per heavy atom. The molecule has 8 heteroatoms. The number of carbonyl (C=O) groups is 3. The number of rotatable bonds is 7. The number of thiophene rings is 1. The van der Waals surface area contributed by atoms with Gasteiger partial charge in [0, 0.05) is 11.3 Å². The maximum atomic E-state index is 12.8. The van der Waals surface area contributed by atoms with Crippen LogP contribution in [0, 0.1) is 5.92 Å². The largest absolute Gasteiger partial charge is 0.481 e. The smallest absolute Gasteiger partial charge is 0.303 e. The number of carboxylic acid groups (broad SMARTS) is 1. The summed E-state index contributed by atoms with van der Waals surface area (Å²) in [5.74, 6) is -0.504. The third-order valence-corrected chi connectivity index (χ3v) is 5.73. The fraction of sp³-hybridized carbons (Fsp3) is 0.421. The van der Waals surface area contributed by atoms with E-state index < -0.39 is 11.9 Å². The van der Waals surface area contributed by atoms with Crippen molar-refractivity contribution in [3.63, 3.8) is 0 Å². The van der Waals surface area contributed by atoms with E-state index >= 15 is 0 Å². The molecule has 2 heterocycles. The van der Waals surface area contributed by atoms with Gasteiger partial charge in [-0.3, -0.25) is 14.4 Å². The molecule has 0 radical (unpaired) electrons. The number of hydrogen-bond donors (Lipinski definition) is 3. The molecular formula is C19H22N2O5S. The molecule has 27 heavy (non-hydrogen) atoms. The van der Waals surface area contributed by atoms with Gasteiger partial charge in [-0.05, 0) is 42.9 Å². The number of fused-ring (bicyclic) bond motifs is 1. The fourth-order valence-corrected chi connectivity index (χ4v) is 4.58. The molecule has 0 bridgehead atoms. The molecule has 7 nitrogen and oxygen atoms in total.